The summed E-state index contributed by atoms with van der Waals surface area (Å²) in [6.07, 6.45) is 0.681. The first kappa shape index (κ1) is 17.5. The first-order valence-corrected chi connectivity index (χ1v) is 9.82. The lowest BCUT2D eigenvalue weighted by molar-refractivity contribution is 0.327. The van der Waals surface area contributed by atoms with Crippen LogP contribution in [0.15, 0.2) is 41.3 Å². The van der Waals surface area contributed by atoms with Crippen molar-refractivity contribution in [3.05, 3.63) is 57.6 Å². The van der Waals surface area contributed by atoms with Gasteiger partial charge in [0.15, 0.2) is 5.75 Å². The Morgan fingerprint density at radius 2 is 1.83 bits per heavy atom. The van der Waals surface area contributed by atoms with Gasteiger partial charge in [0.1, 0.15) is 9.92 Å². The molecule has 2 aromatic carbocycles. The third kappa shape index (κ3) is 3.14. The molecule has 0 amide bonds. The molecule has 0 N–H and O–H groups in total. The van der Waals surface area contributed by atoms with Crippen LogP contribution in [0.3, 0.4) is 0 Å². The van der Waals surface area contributed by atoms with E-state index >= 15 is 0 Å². The van der Waals surface area contributed by atoms with Gasteiger partial charge in [-0.15, -0.1) is 0 Å². The van der Waals surface area contributed by atoms with Crippen molar-refractivity contribution in [1.29, 1.82) is 0 Å². The highest BCUT2D eigenvalue weighted by Crippen LogP contribution is 2.39. The monoisotopic (exact) mass is 385 g/mol. The summed E-state index contributed by atoms with van der Waals surface area (Å²) < 4.78 is 33.1. The van der Waals surface area contributed by atoms with Crippen LogP contribution in [0.4, 0.5) is 0 Å². The van der Waals surface area contributed by atoms with E-state index in [4.69, 9.17) is 27.9 Å². The zero-order valence-corrected chi connectivity index (χ0v) is 15.5. The van der Waals surface area contributed by atoms with Crippen LogP contribution in [0.5, 0.6) is 5.75 Å². The molecule has 0 saturated carbocycles. The largest absolute Gasteiger partial charge is 0.491 e. The molecule has 24 heavy (non-hydrogen) atoms. The van der Waals surface area contributed by atoms with Gasteiger partial charge in [-0.3, -0.25) is 0 Å². The molecule has 0 radical (unpaired) electrons. The summed E-state index contributed by atoms with van der Waals surface area (Å²) in [4.78, 5) is 0.0538. The normalized spacial score (nSPS) is 15.1. The van der Waals surface area contributed by atoms with Crippen LogP contribution in [0.2, 0.25) is 10.0 Å². The van der Waals surface area contributed by atoms with Crippen molar-refractivity contribution < 1.29 is 13.2 Å². The Hall–Kier alpha value is -1.27. The van der Waals surface area contributed by atoms with E-state index in [9.17, 15) is 8.42 Å². The topological polar surface area (TPSA) is 46.6 Å². The fourth-order valence-corrected chi connectivity index (χ4v) is 4.79. The smallest absolute Gasteiger partial charge is 0.247 e. The molecule has 7 heteroatoms. The van der Waals surface area contributed by atoms with Crippen LogP contribution < -0.4 is 4.74 Å². The van der Waals surface area contributed by atoms with E-state index in [1.165, 1.54) is 22.0 Å². The predicted octanol–water partition coefficient (Wildman–Crippen LogP) is 4.14. The Morgan fingerprint density at radius 1 is 1.12 bits per heavy atom. The number of fused-ring (bicyclic) bond motifs is 1. The van der Waals surface area contributed by atoms with Gasteiger partial charge >= 0.3 is 0 Å². The summed E-state index contributed by atoms with van der Waals surface area (Å²) in [5, 5.41) is 0.389. The van der Waals surface area contributed by atoms with Crippen LogP contribution in [0.1, 0.15) is 18.1 Å². The Balaban J connectivity index is 2.02. The van der Waals surface area contributed by atoms with Crippen LogP contribution in [0.25, 0.3) is 0 Å². The van der Waals surface area contributed by atoms with Crippen molar-refractivity contribution in [3.8, 4) is 5.75 Å². The Kier molecular flexibility index (Phi) is 5.06. The van der Waals surface area contributed by atoms with Crippen molar-refractivity contribution >= 4 is 33.2 Å². The Labute approximate surface area is 152 Å². The highest BCUT2D eigenvalue weighted by atomic mass is 35.5. The van der Waals surface area contributed by atoms with Gasteiger partial charge in [-0.25, -0.2) is 8.42 Å². The molecule has 3 rings (SSSR count). The molecule has 128 valence electrons. The number of sulfonamides is 1. The number of halogens is 2. The minimum Gasteiger partial charge on any atom is -0.491 e. The Bertz CT molecular complexity index is 868. The first-order chi connectivity index (χ1) is 11.4. The summed E-state index contributed by atoms with van der Waals surface area (Å²) >= 11 is 12.2. The SMILES string of the molecule is CCOc1c(S(=O)(=O)N2CCc3ccccc3C2)ccc(Cl)c1Cl. The zero-order chi connectivity index (χ0) is 17.3. The summed E-state index contributed by atoms with van der Waals surface area (Å²) in [5.74, 6) is 0.116. The number of rotatable bonds is 4. The molecule has 0 spiro atoms. The average molecular weight is 386 g/mol. The van der Waals surface area contributed by atoms with E-state index in [1.54, 1.807) is 6.92 Å². The Morgan fingerprint density at radius 3 is 2.54 bits per heavy atom. The van der Waals surface area contributed by atoms with E-state index in [1.807, 2.05) is 24.3 Å². The van der Waals surface area contributed by atoms with Crippen LogP contribution >= 0.6 is 23.2 Å². The molecule has 0 saturated heterocycles. The van der Waals surface area contributed by atoms with E-state index in [-0.39, 0.29) is 20.7 Å². The lowest BCUT2D eigenvalue weighted by atomic mass is 10.0. The lowest BCUT2D eigenvalue weighted by Gasteiger charge is -2.28. The van der Waals surface area contributed by atoms with Crippen LogP contribution in [-0.2, 0) is 23.0 Å². The van der Waals surface area contributed by atoms with E-state index < -0.39 is 10.0 Å². The van der Waals surface area contributed by atoms with Crippen LogP contribution in [0, 0.1) is 0 Å². The van der Waals surface area contributed by atoms with Crippen LogP contribution in [-0.4, -0.2) is 25.9 Å². The van der Waals surface area contributed by atoms with Gasteiger partial charge in [-0.1, -0.05) is 47.5 Å². The average Bonchev–Trinajstić information content (AvgIpc) is 2.58. The molecule has 0 aromatic heterocycles. The maximum atomic E-state index is 13.1. The molecule has 1 heterocycles. The van der Waals surface area contributed by atoms with Gasteiger partial charge in [0.2, 0.25) is 10.0 Å². The number of nitrogens with zero attached hydrogens (tertiary/aromatic N) is 1. The molecule has 0 fully saturated rings. The van der Waals surface area contributed by atoms with Gasteiger partial charge < -0.3 is 4.74 Å². The number of hydrogen-bond donors (Lipinski definition) is 0. The predicted molar refractivity (Wildman–Crippen MR) is 95.4 cm³/mol. The zero-order valence-electron chi connectivity index (χ0n) is 13.1. The fourth-order valence-electron chi connectivity index (χ4n) is 2.81. The molecule has 0 aliphatic carbocycles. The molecule has 0 atom stereocenters. The molecular formula is C17H17Cl2NO3S. The molecule has 0 bridgehead atoms. The minimum absolute atomic E-state index is 0.0538. The van der Waals surface area contributed by atoms with E-state index in [0.717, 1.165) is 5.56 Å². The number of ether oxygens (including phenoxy) is 1. The van der Waals surface area contributed by atoms with Crippen molar-refractivity contribution in [2.45, 2.75) is 24.8 Å². The second-order valence-corrected chi connectivity index (χ2v) is 8.17. The molecule has 1 aliphatic rings. The minimum atomic E-state index is -3.73. The van der Waals surface area contributed by atoms with Gasteiger partial charge in [0.25, 0.3) is 0 Å². The van der Waals surface area contributed by atoms with Crippen molar-refractivity contribution in [1.82, 2.24) is 4.31 Å². The third-order valence-electron chi connectivity index (χ3n) is 4.02. The van der Waals surface area contributed by atoms with Gasteiger partial charge in [-0.2, -0.15) is 4.31 Å². The summed E-state index contributed by atoms with van der Waals surface area (Å²) in [5.41, 5.74) is 2.20. The number of hydrogen-bond acceptors (Lipinski definition) is 3. The van der Waals surface area contributed by atoms with Gasteiger partial charge in [0, 0.05) is 13.1 Å². The van der Waals surface area contributed by atoms with E-state index in [0.29, 0.717) is 26.1 Å². The van der Waals surface area contributed by atoms with E-state index in [2.05, 4.69) is 0 Å². The summed E-state index contributed by atoms with van der Waals surface area (Å²) in [6.45, 7) is 2.83. The highest BCUT2D eigenvalue weighted by molar-refractivity contribution is 7.89. The summed E-state index contributed by atoms with van der Waals surface area (Å²) in [7, 11) is -3.73. The van der Waals surface area contributed by atoms with Gasteiger partial charge in [0.05, 0.1) is 11.6 Å². The molecule has 4 nitrogen and oxygen atoms in total. The second-order valence-electron chi connectivity index (χ2n) is 5.48. The first-order valence-electron chi connectivity index (χ1n) is 7.63. The number of benzene rings is 2. The van der Waals surface area contributed by atoms with Gasteiger partial charge in [-0.05, 0) is 36.6 Å². The molecule has 1 aliphatic heterocycles. The quantitative estimate of drug-likeness (QED) is 0.794. The fraction of sp³-hybridized carbons (Fsp3) is 0.294. The van der Waals surface area contributed by atoms with Crippen molar-refractivity contribution in [2.24, 2.45) is 0 Å². The molecule has 0 unspecified atom stereocenters. The maximum absolute atomic E-state index is 13.1. The molecular weight excluding hydrogens is 369 g/mol. The molecule has 2 aromatic rings. The summed E-state index contributed by atoms with van der Waals surface area (Å²) in [6, 6.07) is 10.8. The maximum Gasteiger partial charge on any atom is 0.247 e. The second kappa shape index (κ2) is 6.92. The highest BCUT2D eigenvalue weighted by Gasteiger charge is 2.32. The lowest BCUT2D eigenvalue weighted by Crippen LogP contribution is -2.36. The standard InChI is InChI=1S/C17H17Cl2NO3S/c1-2-23-17-15(8-7-14(18)16(17)19)24(21,22)20-10-9-12-5-3-4-6-13(12)11-20/h3-8H,2,9-11H2,1H3. The van der Waals surface area contributed by atoms with Crippen molar-refractivity contribution in [2.75, 3.05) is 13.2 Å². The third-order valence-corrected chi connectivity index (χ3v) is 6.67. The van der Waals surface area contributed by atoms with Crippen molar-refractivity contribution in [3.63, 3.8) is 0 Å².